The maximum absolute atomic E-state index is 12.9. The van der Waals surface area contributed by atoms with E-state index < -0.39 is 11.7 Å². The van der Waals surface area contributed by atoms with E-state index in [1.54, 1.807) is 6.07 Å². The maximum Gasteiger partial charge on any atom is -0.172 e. The zero-order valence-corrected chi connectivity index (χ0v) is 33.2. The van der Waals surface area contributed by atoms with Crippen LogP contribution in [-0.2, 0) is 47.7 Å². The monoisotopic (exact) mass is 786 g/mol. The summed E-state index contributed by atoms with van der Waals surface area (Å²) < 4.78 is 39.6. The van der Waals surface area contributed by atoms with Gasteiger partial charge in [0.05, 0.1) is 0 Å². The van der Waals surface area contributed by atoms with Crippen LogP contribution in [0.25, 0.3) is 21.9 Å². The second-order valence-corrected chi connectivity index (χ2v) is 15.5. The minimum atomic E-state index is -4.31. The largest absolute Gasteiger partial charge is 1.00 e. The van der Waals surface area contributed by atoms with Gasteiger partial charge in [-0.05, 0) is 28.4 Å². The van der Waals surface area contributed by atoms with Crippen molar-refractivity contribution in [3.63, 3.8) is 0 Å². The van der Waals surface area contributed by atoms with Crippen LogP contribution in [0.1, 0.15) is 80.5 Å². The third-order valence-corrected chi connectivity index (χ3v) is 9.93. The molecule has 0 aromatic heterocycles. The van der Waals surface area contributed by atoms with Gasteiger partial charge in [0.2, 0.25) is 0 Å². The summed E-state index contributed by atoms with van der Waals surface area (Å²) in [7, 11) is 0. The van der Waals surface area contributed by atoms with Gasteiger partial charge in [-0.1, -0.05) is 65.3 Å². The summed E-state index contributed by atoms with van der Waals surface area (Å²) in [5, 5.41) is 2.15. The van der Waals surface area contributed by atoms with E-state index in [4.69, 9.17) is 0 Å². The van der Waals surface area contributed by atoms with Crippen molar-refractivity contribution in [2.45, 2.75) is 65.0 Å². The van der Waals surface area contributed by atoms with E-state index in [0.29, 0.717) is 5.56 Å². The van der Waals surface area contributed by atoms with Crippen molar-refractivity contribution >= 4 is 14.0 Å². The molecule has 0 unspecified atom stereocenters. The van der Waals surface area contributed by atoms with E-state index in [9.17, 15) is 13.2 Å². The molecular weight excluding hydrogens is 748 g/mol. The molecule has 50 heavy (non-hydrogen) atoms. The number of hydrogen-bond donors (Lipinski definition) is 0. The molecule has 0 radical (unpaired) electrons. The molecule has 0 N–H and O–H groups in total. The fourth-order valence-corrected chi connectivity index (χ4v) is 6.72. The second-order valence-electron chi connectivity index (χ2n) is 14.3. The van der Waals surface area contributed by atoms with Gasteiger partial charge in [-0.15, -0.1) is 11.1 Å². The molecule has 0 saturated heterocycles. The summed E-state index contributed by atoms with van der Waals surface area (Å²) in [4.78, 5) is 0. The van der Waals surface area contributed by atoms with E-state index in [1.165, 1.54) is 45.5 Å². The quantitative estimate of drug-likeness (QED) is 0.188. The third-order valence-electron chi connectivity index (χ3n) is 8.56. The number of fused-ring (bicyclic) bond motifs is 4. The Bertz CT molecular complexity index is 1940. The van der Waals surface area contributed by atoms with Gasteiger partial charge >= 0.3 is 141 Å². The van der Waals surface area contributed by atoms with E-state index in [1.807, 2.05) is 72.8 Å². The summed E-state index contributed by atoms with van der Waals surface area (Å²) in [6, 6.07) is 44.5. The van der Waals surface area contributed by atoms with Crippen LogP contribution in [0.2, 0.25) is 0 Å². The van der Waals surface area contributed by atoms with Crippen LogP contribution in [0.3, 0.4) is 0 Å². The first-order valence-corrected chi connectivity index (χ1v) is 17.5. The van der Waals surface area contributed by atoms with Crippen LogP contribution in [0.15, 0.2) is 127 Å². The van der Waals surface area contributed by atoms with Crippen LogP contribution < -0.4 is 24.8 Å². The standard InChI is InChI=1S/C21H25.C18H11F3.C5H5.2ClH.Zr/c1-20(2,3)16-7-9-18-14(12-16)11-15-13-17(21(4,5)6)8-10-19(15)18;19-18(20,21)16-9-3-5-13(12-16)11-15-8-4-7-14-6-1-2-10-17(14)15;1-2-4-5-3-1;;;/h7-10,12H,11H2,1-6H3;1-10,12H;1-5H;2*1H;/q-1;;-1;;;+2/p-2. The molecule has 0 atom stereocenters. The van der Waals surface area contributed by atoms with Crippen molar-refractivity contribution in [3.05, 3.63) is 172 Å². The molecular formula is C44H41Cl2F3Zr-2. The average Bonchev–Trinajstić information content (AvgIpc) is 3.75. The molecule has 0 spiro atoms. The number of hydrogen-bond acceptors (Lipinski definition) is 0. The zero-order chi connectivity index (χ0) is 34.7. The van der Waals surface area contributed by atoms with Crippen LogP contribution >= 0.6 is 0 Å². The first kappa shape index (κ1) is 41.3. The fraction of sp³-hybridized carbons (Fsp3) is 0.227. The summed E-state index contributed by atoms with van der Waals surface area (Å²) in [5.74, 6) is 0. The molecule has 0 bridgehead atoms. The number of benzene rings is 5. The number of alkyl halides is 3. The van der Waals surface area contributed by atoms with Crippen molar-refractivity contribution in [1.29, 1.82) is 0 Å². The zero-order valence-electron chi connectivity index (χ0n) is 29.2. The van der Waals surface area contributed by atoms with E-state index in [0.717, 1.165) is 56.3 Å². The molecule has 0 nitrogen and oxygen atoms in total. The Balaban J connectivity index is 0.000000229. The Morgan fingerprint density at radius 2 is 1.30 bits per heavy atom. The van der Waals surface area contributed by atoms with Crippen molar-refractivity contribution in [2.24, 2.45) is 0 Å². The van der Waals surface area contributed by atoms with Gasteiger partial charge < -0.3 is 24.8 Å². The molecule has 0 saturated carbocycles. The molecule has 258 valence electrons. The Kier molecular flexibility index (Phi) is 13.9. The molecule has 0 heterocycles. The van der Waals surface area contributed by atoms with Gasteiger partial charge in [0, 0.05) is 0 Å². The molecule has 1 aliphatic rings. The van der Waals surface area contributed by atoms with E-state index >= 15 is 0 Å². The summed E-state index contributed by atoms with van der Waals surface area (Å²) in [6.45, 7) is 13.6. The normalized spacial score (nSPS) is 11.8. The maximum atomic E-state index is 12.9. The topological polar surface area (TPSA) is 0 Å². The predicted octanol–water partition coefficient (Wildman–Crippen LogP) is 6.04. The number of halogens is 5. The fourth-order valence-electron chi connectivity index (χ4n) is 5.80. The molecule has 0 amide bonds. The summed E-state index contributed by atoms with van der Waals surface area (Å²) in [5.41, 5.74) is 9.72. The van der Waals surface area contributed by atoms with Crippen molar-refractivity contribution in [2.75, 3.05) is 0 Å². The Morgan fingerprint density at radius 3 is 1.92 bits per heavy atom. The van der Waals surface area contributed by atoms with Crippen LogP contribution in [0, 0.1) is 6.07 Å². The van der Waals surface area contributed by atoms with E-state index in [2.05, 4.69) is 77.9 Å². The minimum absolute atomic E-state index is 0. The first-order valence-electron chi connectivity index (χ1n) is 16.2. The van der Waals surface area contributed by atoms with Crippen molar-refractivity contribution < 1.29 is 62.2 Å². The first-order chi connectivity index (χ1) is 22.6. The molecule has 6 aromatic carbocycles. The van der Waals surface area contributed by atoms with Crippen molar-refractivity contribution in [1.82, 2.24) is 0 Å². The molecule has 7 rings (SSSR count). The average molecular weight is 789 g/mol. The SMILES string of the molecule is CC(C)(C)c1[c-]c2c(cc1)-c1ccc(C(C)(C)C)cc1C2.FC(F)(F)c1cccc([C](=[Zr+2])c2cccc3ccccc23)c1.[Cl-].[Cl-].c1cc[cH-]c1. The summed E-state index contributed by atoms with van der Waals surface area (Å²) in [6.07, 6.45) is -3.29. The molecule has 6 aromatic rings. The van der Waals surface area contributed by atoms with E-state index in [-0.39, 0.29) is 35.6 Å². The molecule has 0 fully saturated rings. The van der Waals surface area contributed by atoms with Crippen LogP contribution in [0.4, 0.5) is 13.2 Å². The molecule has 6 heteroatoms. The van der Waals surface area contributed by atoms with Gasteiger partial charge in [0.25, 0.3) is 0 Å². The third kappa shape index (κ3) is 10.00. The van der Waals surface area contributed by atoms with Gasteiger partial charge in [-0.2, -0.15) is 42.0 Å². The van der Waals surface area contributed by atoms with Gasteiger partial charge in [-0.25, -0.2) is 12.1 Å². The second kappa shape index (κ2) is 16.9. The summed E-state index contributed by atoms with van der Waals surface area (Å²) >= 11 is 1.09. The van der Waals surface area contributed by atoms with Crippen LogP contribution in [-0.4, -0.2) is 3.21 Å². The van der Waals surface area contributed by atoms with Gasteiger partial charge in [-0.3, -0.25) is 0 Å². The van der Waals surface area contributed by atoms with Crippen molar-refractivity contribution in [3.8, 4) is 11.1 Å². The van der Waals surface area contributed by atoms with Gasteiger partial charge in [0.1, 0.15) is 0 Å². The number of rotatable bonds is 2. The Morgan fingerprint density at radius 1 is 0.660 bits per heavy atom. The smallest absolute Gasteiger partial charge is 0.172 e. The molecule has 1 aliphatic carbocycles. The minimum Gasteiger partial charge on any atom is -1.00 e. The van der Waals surface area contributed by atoms with Crippen LogP contribution in [0.5, 0.6) is 0 Å². The Hall–Kier alpha value is -3.17. The predicted molar refractivity (Wildman–Crippen MR) is 192 cm³/mol. The van der Waals surface area contributed by atoms with Gasteiger partial charge in [0.15, 0.2) is 0 Å². The molecule has 0 aliphatic heterocycles. The Labute approximate surface area is 322 Å².